The Labute approximate surface area is 110 Å². The summed E-state index contributed by atoms with van der Waals surface area (Å²) >= 11 is 0. The third-order valence-electron chi connectivity index (χ3n) is 2.90. The summed E-state index contributed by atoms with van der Waals surface area (Å²) in [7, 11) is 0. The van der Waals surface area contributed by atoms with Gasteiger partial charge in [-0.2, -0.15) is 0 Å². The first kappa shape index (κ1) is 14.6. The molecule has 0 aliphatic rings. The van der Waals surface area contributed by atoms with Gasteiger partial charge in [0.05, 0.1) is 11.2 Å². The van der Waals surface area contributed by atoms with Crippen molar-refractivity contribution in [3.63, 3.8) is 0 Å². The standard InChI is InChI=1S/C14H18N2.C2H6/c1-9(2)11-5-6-12-13(7-11)15-8-16-14(12)10(3)4;1-2/h5-10H,1-4H3;1-2H3. The number of rotatable bonds is 2. The van der Waals surface area contributed by atoms with Crippen LogP contribution < -0.4 is 0 Å². The van der Waals surface area contributed by atoms with E-state index in [1.54, 1.807) is 6.33 Å². The van der Waals surface area contributed by atoms with E-state index in [2.05, 4.69) is 55.9 Å². The van der Waals surface area contributed by atoms with Crippen molar-refractivity contribution in [3.05, 3.63) is 35.8 Å². The summed E-state index contributed by atoms with van der Waals surface area (Å²) in [6, 6.07) is 6.51. The minimum absolute atomic E-state index is 0.440. The van der Waals surface area contributed by atoms with Gasteiger partial charge in [0.15, 0.2) is 0 Å². The molecular weight excluding hydrogens is 220 g/mol. The lowest BCUT2D eigenvalue weighted by atomic mass is 9.99. The summed E-state index contributed by atoms with van der Waals surface area (Å²) in [6.45, 7) is 12.7. The zero-order valence-electron chi connectivity index (χ0n) is 12.4. The molecule has 0 fully saturated rings. The highest BCUT2D eigenvalue weighted by Gasteiger charge is 2.08. The number of nitrogens with zero attached hydrogens (tertiary/aromatic N) is 2. The van der Waals surface area contributed by atoms with E-state index in [9.17, 15) is 0 Å². The lowest BCUT2D eigenvalue weighted by Crippen LogP contribution is -1.97. The van der Waals surface area contributed by atoms with Gasteiger partial charge in [0.2, 0.25) is 0 Å². The van der Waals surface area contributed by atoms with E-state index in [1.807, 2.05) is 13.8 Å². The topological polar surface area (TPSA) is 25.8 Å². The molecule has 0 atom stereocenters. The molecule has 0 aliphatic carbocycles. The van der Waals surface area contributed by atoms with Crippen molar-refractivity contribution < 1.29 is 0 Å². The molecule has 0 aliphatic heterocycles. The first-order valence-electron chi connectivity index (χ1n) is 6.84. The van der Waals surface area contributed by atoms with Gasteiger partial charge >= 0.3 is 0 Å². The van der Waals surface area contributed by atoms with Crippen LogP contribution in [-0.2, 0) is 0 Å². The number of aromatic nitrogens is 2. The minimum Gasteiger partial charge on any atom is -0.240 e. The smallest absolute Gasteiger partial charge is 0.116 e. The maximum absolute atomic E-state index is 4.37. The summed E-state index contributed by atoms with van der Waals surface area (Å²) in [6.07, 6.45) is 1.67. The molecule has 0 radical (unpaired) electrons. The molecule has 0 N–H and O–H groups in total. The molecule has 98 valence electrons. The van der Waals surface area contributed by atoms with Crippen LogP contribution in [0, 0.1) is 0 Å². The van der Waals surface area contributed by atoms with Crippen LogP contribution in [0.4, 0.5) is 0 Å². The Kier molecular flexibility index (Phi) is 5.26. The molecule has 0 unspecified atom stereocenters. The predicted molar refractivity (Wildman–Crippen MR) is 79.1 cm³/mol. The maximum Gasteiger partial charge on any atom is 0.116 e. The number of fused-ring (bicyclic) bond motifs is 1. The SMILES string of the molecule is CC.CC(C)c1ccc2c(C(C)C)ncnc2c1. The van der Waals surface area contributed by atoms with Gasteiger partial charge in [0.1, 0.15) is 6.33 Å². The fourth-order valence-corrected chi connectivity index (χ4v) is 1.91. The van der Waals surface area contributed by atoms with Crippen molar-refractivity contribution in [2.24, 2.45) is 0 Å². The van der Waals surface area contributed by atoms with Crippen molar-refractivity contribution in [1.82, 2.24) is 9.97 Å². The first-order valence-corrected chi connectivity index (χ1v) is 6.84. The van der Waals surface area contributed by atoms with Gasteiger partial charge in [0.25, 0.3) is 0 Å². The lowest BCUT2D eigenvalue weighted by Gasteiger charge is -2.10. The molecule has 2 heteroatoms. The Balaban J connectivity index is 0.000000771. The van der Waals surface area contributed by atoms with E-state index in [1.165, 1.54) is 10.9 Å². The van der Waals surface area contributed by atoms with Gasteiger partial charge in [-0.1, -0.05) is 53.7 Å². The second-order valence-corrected chi connectivity index (χ2v) is 4.84. The van der Waals surface area contributed by atoms with E-state index < -0.39 is 0 Å². The Morgan fingerprint density at radius 1 is 0.889 bits per heavy atom. The number of hydrogen-bond acceptors (Lipinski definition) is 2. The average molecular weight is 244 g/mol. The van der Waals surface area contributed by atoms with Crippen molar-refractivity contribution >= 4 is 10.9 Å². The van der Waals surface area contributed by atoms with Gasteiger partial charge in [0, 0.05) is 5.39 Å². The Morgan fingerprint density at radius 3 is 2.11 bits per heavy atom. The normalized spacial score (nSPS) is 10.7. The average Bonchev–Trinajstić information content (AvgIpc) is 2.39. The zero-order chi connectivity index (χ0) is 13.7. The third kappa shape index (κ3) is 3.06. The molecule has 18 heavy (non-hydrogen) atoms. The molecule has 1 heterocycles. The van der Waals surface area contributed by atoms with Crippen molar-refractivity contribution in [3.8, 4) is 0 Å². The van der Waals surface area contributed by atoms with Crippen molar-refractivity contribution in [2.75, 3.05) is 0 Å². The molecular formula is C16H24N2. The highest BCUT2D eigenvalue weighted by atomic mass is 14.8. The van der Waals surface area contributed by atoms with Crippen molar-refractivity contribution in [1.29, 1.82) is 0 Å². The van der Waals surface area contributed by atoms with Gasteiger partial charge in [-0.3, -0.25) is 0 Å². The van der Waals surface area contributed by atoms with Crippen molar-refractivity contribution in [2.45, 2.75) is 53.4 Å². The third-order valence-corrected chi connectivity index (χ3v) is 2.90. The summed E-state index contributed by atoms with van der Waals surface area (Å²) in [5, 5.41) is 1.18. The van der Waals surface area contributed by atoms with E-state index >= 15 is 0 Å². The van der Waals surface area contributed by atoms with Crippen LogP contribution in [0.3, 0.4) is 0 Å². The quantitative estimate of drug-likeness (QED) is 0.750. The molecule has 2 rings (SSSR count). The molecule has 2 aromatic rings. The van der Waals surface area contributed by atoms with Crippen LogP contribution in [-0.4, -0.2) is 9.97 Å². The molecule has 0 bridgehead atoms. The van der Waals surface area contributed by atoms with Gasteiger partial charge in [-0.25, -0.2) is 9.97 Å². The van der Waals surface area contributed by atoms with Crippen LogP contribution in [0.15, 0.2) is 24.5 Å². The molecule has 0 amide bonds. The maximum atomic E-state index is 4.37. The highest BCUT2D eigenvalue weighted by Crippen LogP contribution is 2.24. The van der Waals surface area contributed by atoms with Crippen LogP contribution in [0.5, 0.6) is 0 Å². The van der Waals surface area contributed by atoms with Crippen LogP contribution >= 0.6 is 0 Å². The fraction of sp³-hybridized carbons (Fsp3) is 0.500. The molecule has 0 spiro atoms. The van der Waals surface area contributed by atoms with Crippen LogP contribution in [0.1, 0.15) is 64.6 Å². The van der Waals surface area contributed by atoms with Crippen LogP contribution in [0.25, 0.3) is 10.9 Å². The second-order valence-electron chi connectivity index (χ2n) is 4.84. The molecule has 0 saturated carbocycles. The zero-order valence-corrected chi connectivity index (χ0v) is 12.4. The van der Waals surface area contributed by atoms with Gasteiger partial charge in [-0.15, -0.1) is 0 Å². The summed E-state index contributed by atoms with van der Waals surface area (Å²) in [4.78, 5) is 8.73. The lowest BCUT2D eigenvalue weighted by molar-refractivity contribution is 0.827. The monoisotopic (exact) mass is 244 g/mol. The Morgan fingerprint density at radius 2 is 1.56 bits per heavy atom. The van der Waals surface area contributed by atoms with Gasteiger partial charge in [-0.05, 0) is 23.5 Å². The molecule has 1 aromatic carbocycles. The summed E-state index contributed by atoms with van der Waals surface area (Å²) in [5.41, 5.74) is 3.53. The minimum atomic E-state index is 0.440. The molecule has 0 saturated heterocycles. The van der Waals surface area contributed by atoms with Gasteiger partial charge < -0.3 is 0 Å². The largest absolute Gasteiger partial charge is 0.240 e. The predicted octanol–water partition coefficient (Wildman–Crippen LogP) is 4.90. The van der Waals surface area contributed by atoms with E-state index in [0.717, 1.165) is 11.2 Å². The Bertz CT molecular complexity index is 501. The van der Waals surface area contributed by atoms with E-state index in [0.29, 0.717) is 11.8 Å². The molecule has 1 aromatic heterocycles. The van der Waals surface area contributed by atoms with E-state index in [-0.39, 0.29) is 0 Å². The van der Waals surface area contributed by atoms with E-state index in [4.69, 9.17) is 0 Å². The summed E-state index contributed by atoms with van der Waals surface area (Å²) in [5.74, 6) is 0.984. The fourth-order valence-electron chi connectivity index (χ4n) is 1.91. The number of hydrogen-bond donors (Lipinski definition) is 0. The number of benzene rings is 1. The highest BCUT2D eigenvalue weighted by molar-refractivity contribution is 5.81. The molecule has 2 nitrogen and oxygen atoms in total. The first-order chi connectivity index (χ1) is 8.59. The second kappa shape index (κ2) is 6.48. The van der Waals surface area contributed by atoms with Crippen LogP contribution in [0.2, 0.25) is 0 Å². The Hall–Kier alpha value is -1.44. The summed E-state index contributed by atoms with van der Waals surface area (Å²) < 4.78 is 0.